The van der Waals surface area contributed by atoms with Gasteiger partial charge in [-0.05, 0) is 55.7 Å². The molecule has 1 heterocycles. The lowest BCUT2D eigenvalue weighted by atomic mass is 9.83. The van der Waals surface area contributed by atoms with E-state index >= 15 is 0 Å². The molecule has 1 aliphatic heterocycles. The molecule has 2 aromatic rings. The summed E-state index contributed by atoms with van der Waals surface area (Å²) in [5.74, 6) is -1.64. The molecular weight excluding hydrogens is 423 g/mol. The van der Waals surface area contributed by atoms with Crippen LogP contribution in [0.5, 0.6) is 0 Å². The van der Waals surface area contributed by atoms with E-state index in [1.165, 1.54) is 12.1 Å². The van der Waals surface area contributed by atoms with Crippen LogP contribution in [0.4, 0.5) is 4.39 Å². The summed E-state index contributed by atoms with van der Waals surface area (Å²) in [6.07, 6.45) is 0.933. The number of amides is 2. The van der Waals surface area contributed by atoms with Gasteiger partial charge in [-0.25, -0.2) is 9.18 Å². The summed E-state index contributed by atoms with van der Waals surface area (Å²) in [5, 5.41) is 2.83. The van der Waals surface area contributed by atoms with Gasteiger partial charge in [0.15, 0.2) is 0 Å². The number of benzene rings is 2. The number of carbonyl (C=O) groups is 3. The fraction of sp³-hybridized carbons (Fsp3) is 0.346. The van der Waals surface area contributed by atoms with Gasteiger partial charge in [-0.2, -0.15) is 0 Å². The van der Waals surface area contributed by atoms with Crippen molar-refractivity contribution in [3.8, 4) is 0 Å². The molecule has 2 aromatic carbocycles. The molecule has 1 N–H and O–H groups in total. The van der Waals surface area contributed by atoms with Crippen LogP contribution in [0.25, 0.3) is 0 Å². The number of hydrogen-bond acceptors (Lipinski definition) is 4. The van der Waals surface area contributed by atoms with E-state index in [-0.39, 0.29) is 37.2 Å². The molecule has 0 aliphatic carbocycles. The summed E-state index contributed by atoms with van der Waals surface area (Å²) in [6, 6.07) is 12.9. The van der Waals surface area contributed by atoms with Gasteiger partial charge in [0.2, 0.25) is 5.91 Å². The smallest absolute Gasteiger partial charge is 0.336 e. The lowest BCUT2D eigenvalue weighted by Crippen LogP contribution is -2.38. The fourth-order valence-electron chi connectivity index (χ4n) is 3.94. The Kier molecular flexibility index (Phi) is 7.98. The second-order valence-electron chi connectivity index (χ2n) is 7.96. The van der Waals surface area contributed by atoms with Gasteiger partial charge in [0.25, 0.3) is 5.91 Å². The normalized spacial score (nSPS) is 16.1. The minimum absolute atomic E-state index is 0.0780. The Labute approximate surface area is 193 Å². The molecule has 1 aliphatic rings. The van der Waals surface area contributed by atoms with Gasteiger partial charge in [0, 0.05) is 30.1 Å². The molecule has 7 heteroatoms. The maximum Gasteiger partial charge on any atom is 0.336 e. The van der Waals surface area contributed by atoms with Crippen molar-refractivity contribution in [3.63, 3.8) is 0 Å². The highest BCUT2D eigenvalue weighted by molar-refractivity contribution is 5.96. The second kappa shape index (κ2) is 10.9. The second-order valence-corrected chi connectivity index (χ2v) is 7.96. The molecule has 0 fully saturated rings. The summed E-state index contributed by atoms with van der Waals surface area (Å²) in [4.78, 5) is 39.6. The number of nitrogens with zero attached hydrogens (tertiary/aromatic N) is 1. The minimum Gasteiger partial charge on any atom is -0.463 e. The van der Waals surface area contributed by atoms with Gasteiger partial charge in [0.1, 0.15) is 5.82 Å². The first-order chi connectivity index (χ1) is 15.8. The van der Waals surface area contributed by atoms with Gasteiger partial charge in [-0.3, -0.25) is 9.59 Å². The van der Waals surface area contributed by atoms with E-state index in [0.29, 0.717) is 28.9 Å². The first-order valence-electron chi connectivity index (χ1n) is 11.2. The Morgan fingerprint density at radius 3 is 2.36 bits per heavy atom. The molecule has 33 heavy (non-hydrogen) atoms. The Bertz CT molecular complexity index is 1040. The van der Waals surface area contributed by atoms with Crippen molar-refractivity contribution in [1.82, 2.24) is 10.2 Å². The minimum atomic E-state index is -0.502. The van der Waals surface area contributed by atoms with E-state index in [0.717, 1.165) is 12.0 Å². The monoisotopic (exact) mass is 452 g/mol. The average molecular weight is 453 g/mol. The number of nitrogens with one attached hydrogen (secondary N) is 1. The van der Waals surface area contributed by atoms with Crippen LogP contribution in [0.2, 0.25) is 0 Å². The molecular formula is C26H29FN2O4. The van der Waals surface area contributed by atoms with E-state index in [9.17, 15) is 18.8 Å². The van der Waals surface area contributed by atoms with Crippen LogP contribution in [0.15, 0.2) is 59.8 Å². The van der Waals surface area contributed by atoms with Crippen LogP contribution in [0.3, 0.4) is 0 Å². The third kappa shape index (κ3) is 5.66. The Morgan fingerprint density at radius 2 is 1.76 bits per heavy atom. The first-order valence-corrected chi connectivity index (χ1v) is 11.2. The number of hydrogen-bond donors (Lipinski definition) is 1. The van der Waals surface area contributed by atoms with Crippen molar-refractivity contribution in [3.05, 3.63) is 82.3 Å². The number of carbonyl (C=O) groups excluding carboxylic acids is 3. The molecule has 0 radical (unpaired) electrons. The zero-order valence-electron chi connectivity index (χ0n) is 19.2. The van der Waals surface area contributed by atoms with Crippen molar-refractivity contribution >= 4 is 17.8 Å². The van der Waals surface area contributed by atoms with Crippen LogP contribution in [-0.2, 0) is 20.9 Å². The number of halogens is 1. The van der Waals surface area contributed by atoms with E-state index in [2.05, 4.69) is 5.32 Å². The molecule has 0 bridgehead atoms. The Morgan fingerprint density at radius 1 is 1.09 bits per heavy atom. The third-order valence-electron chi connectivity index (χ3n) is 5.68. The molecule has 3 rings (SSSR count). The Balaban J connectivity index is 1.89. The molecule has 174 valence electrons. The largest absolute Gasteiger partial charge is 0.463 e. The van der Waals surface area contributed by atoms with E-state index in [1.54, 1.807) is 55.1 Å². The molecule has 0 aromatic heterocycles. The standard InChI is InChI=1S/C26H29FN2O4/c1-4-14-28-25(31)20-8-6-18(7-9-20)16-29-17(3)24(26(32)33-5-2)22(15-23(29)30)19-10-12-21(27)13-11-19/h6-13,22H,4-5,14-16H2,1-3H3,(H,28,31). The number of allylic oxidation sites excluding steroid dienone is 1. The van der Waals surface area contributed by atoms with E-state index in [4.69, 9.17) is 4.74 Å². The van der Waals surface area contributed by atoms with Crippen LogP contribution in [-0.4, -0.2) is 35.8 Å². The van der Waals surface area contributed by atoms with Crippen LogP contribution < -0.4 is 5.32 Å². The first kappa shape index (κ1) is 24.2. The molecule has 1 atom stereocenters. The lowest BCUT2D eigenvalue weighted by molar-refractivity contribution is -0.140. The topological polar surface area (TPSA) is 75.7 Å². The summed E-state index contributed by atoms with van der Waals surface area (Å²) < 4.78 is 18.7. The van der Waals surface area contributed by atoms with Gasteiger partial charge in [-0.15, -0.1) is 0 Å². The summed E-state index contributed by atoms with van der Waals surface area (Å²) in [7, 11) is 0. The molecule has 0 saturated heterocycles. The average Bonchev–Trinajstić information content (AvgIpc) is 2.80. The quantitative estimate of drug-likeness (QED) is 0.606. The summed E-state index contributed by atoms with van der Waals surface area (Å²) in [5.41, 5.74) is 2.99. The molecule has 1 unspecified atom stereocenters. The predicted octanol–water partition coefficient (Wildman–Crippen LogP) is 4.32. The van der Waals surface area contributed by atoms with Crippen molar-refractivity contribution in [2.45, 2.75) is 46.1 Å². The SMILES string of the molecule is CCCNC(=O)c1ccc(CN2C(=O)CC(c3ccc(F)cc3)C(C(=O)OCC)=C2C)cc1. The van der Waals surface area contributed by atoms with E-state index in [1.807, 2.05) is 6.92 Å². The predicted molar refractivity (Wildman–Crippen MR) is 123 cm³/mol. The Hall–Kier alpha value is -3.48. The van der Waals surface area contributed by atoms with Crippen molar-refractivity contribution in [2.75, 3.05) is 13.2 Å². The van der Waals surface area contributed by atoms with Gasteiger partial charge >= 0.3 is 5.97 Å². The van der Waals surface area contributed by atoms with Crippen LogP contribution >= 0.6 is 0 Å². The lowest BCUT2D eigenvalue weighted by Gasteiger charge is -2.34. The molecule has 2 amide bonds. The molecule has 0 spiro atoms. The molecule has 6 nitrogen and oxygen atoms in total. The van der Waals surface area contributed by atoms with E-state index < -0.39 is 11.9 Å². The highest BCUT2D eigenvalue weighted by Gasteiger charge is 2.36. The summed E-state index contributed by atoms with van der Waals surface area (Å²) >= 11 is 0. The maximum absolute atomic E-state index is 13.4. The van der Waals surface area contributed by atoms with Crippen molar-refractivity contribution < 1.29 is 23.5 Å². The fourth-order valence-corrected chi connectivity index (χ4v) is 3.94. The zero-order valence-corrected chi connectivity index (χ0v) is 19.2. The number of ether oxygens (including phenoxy) is 1. The highest BCUT2D eigenvalue weighted by atomic mass is 19.1. The zero-order chi connectivity index (χ0) is 24.0. The maximum atomic E-state index is 13.4. The van der Waals surface area contributed by atoms with Gasteiger partial charge in [0.05, 0.1) is 18.7 Å². The third-order valence-corrected chi connectivity index (χ3v) is 5.68. The number of rotatable bonds is 8. The number of esters is 1. The van der Waals surface area contributed by atoms with Crippen molar-refractivity contribution in [2.24, 2.45) is 0 Å². The van der Waals surface area contributed by atoms with Crippen molar-refractivity contribution in [1.29, 1.82) is 0 Å². The summed E-state index contributed by atoms with van der Waals surface area (Å²) in [6.45, 7) is 6.53. The van der Waals surface area contributed by atoms with Gasteiger partial charge < -0.3 is 15.0 Å². The van der Waals surface area contributed by atoms with Crippen LogP contribution in [0.1, 0.15) is 61.0 Å². The van der Waals surface area contributed by atoms with Crippen LogP contribution in [0, 0.1) is 5.82 Å². The highest BCUT2D eigenvalue weighted by Crippen LogP contribution is 2.37. The van der Waals surface area contributed by atoms with Gasteiger partial charge in [-0.1, -0.05) is 31.2 Å². The molecule has 0 saturated carbocycles.